The van der Waals surface area contributed by atoms with E-state index in [9.17, 15) is 18.0 Å². The predicted molar refractivity (Wildman–Crippen MR) is 137 cm³/mol. The highest BCUT2D eigenvalue weighted by atomic mass is 35.5. The Morgan fingerprint density at radius 2 is 1.62 bits per heavy atom. The maximum atomic E-state index is 13.1. The van der Waals surface area contributed by atoms with Crippen LogP contribution in [-0.4, -0.2) is 38.3 Å². The molecule has 1 atom stereocenters. The second-order valence-corrected chi connectivity index (χ2v) is 12.3. The molecule has 2 amide bonds. The Balaban J connectivity index is 1.58. The van der Waals surface area contributed by atoms with E-state index in [1.165, 1.54) is 6.26 Å². The van der Waals surface area contributed by atoms with E-state index in [1.54, 1.807) is 30.3 Å². The molecule has 0 radical (unpaired) electrons. The van der Waals surface area contributed by atoms with E-state index < -0.39 is 15.3 Å². The zero-order chi connectivity index (χ0) is 24.9. The maximum absolute atomic E-state index is 13.1. The van der Waals surface area contributed by atoms with Gasteiger partial charge in [-0.05, 0) is 62.4 Å². The summed E-state index contributed by atoms with van der Waals surface area (Å²) in [6, 6.07) is 12.1. The molecule has 1 unspecified atom stereocenters. The molecule has 34 heavy (non-hydrogen) atoms. The summed E-state index contributed by atoms with van der Waals surface area (Å²) in [4.78, 5) is 25.6. The molecule has 9 heteroatoms. The van der Waals surface area contributed by atoms with Crippen LogP contribution in [0, 0.1) is 5.41 Å². The summed E-state index contributed by atoms with van der Waals surface area (Å²) in [5.41, 5.74) is 1.24. The Morgan fingerprint density at radius 3 is 2.18 bits per heavy atom. The number of carbonyl (C=O) groups excluding carboxylic acids is 2. The van der Waals surface area contributed by atoms with E-state index in [4.69, 9.17) is 23.2 Å². The lowest BCUT2D eigenvalue weighted by atomic mass is 9.82. The van der Waals surface area contributed by atoms with Crippen LogP contribution in [0.5, 0.6) is 0 Å². The summed E-state index contributed by atoms with van der Waals surface area (Å²) >= 11 is 12.2. The third kappa shape index (κ3) is 6.96. The van der Waals surface area contributed by atoms with Crippen LogP contribution in [0.2, 0.25) is 10.0 Å². The molecule has 2 aromatic carbocycles. The molecule has 0 spiro atoms. The van der Waals surface area contributed by atoms with Gasteiger partial charge in [-0.3, -0.25) is 9.59 Å². The van der Waals surface area contributed by atoms with E-state index >= 15 is 0 Å². The molecule has 6 nitrogen and oxygen atoms in total. The first-order valence-corrected chi connectivity index (χ1v) is 14.1. The minimum Gasteiger partial charge on any atom is -0.353 e. The standard InChI is InChI=1S/C25H30Cl2N2O4S/c1-17(28-24(31)25(12-3-4-13-25)14-15-34(2,32)33)16-18-8-10-19(11-9-18)29-23(30)22-20(26)6-5-7-21(22)27/h5-11,17H,3-4,12-16H2,1-2H3,(H,28,31)(H,29,30). The minimum atomic E-state index is -3.12. The topological polar surface area (TPSA) is 92.3 Å². The van der Waals surface area contributed by atoms with Gasteiger partial charge in [-0.15, -0.1) is 0 Å². The van der Waals surface area contributed by atoms with Crippen molar-refractivity contribution in [2.24, 2.45) is 5.41 Å². The number of hydrogen-bond acceptors (Lipinski definition) is 4. The van der Waals surface area contributed by atoms with E-state index in [2.05, 4.69) is 10.6 Å². The number of nitrogens with one attached hydrogen (secondary N) is 2. The molecule has 184 valence electrons. The Kier molecular flexibility index (Phi) is 8.66. The number of sulfone groups is 1. The van der Waals surface area contributed by atoms with Gasteiger partial charge in [0.2, 0.25) is 5.91 Å². The predicted octanol–water partition coefficient (Wildman–Crippen LogP) is 5.29. The monoisotopic (exact) mass is 524 g/mol. The van der Waals surface area contributed by atoms with Crippen molar-refractivity contribution in [1.82, 2.24) is 5.32 Å². The molecular formula is C25H30Cl2N2O4S. The summed E-state index contributed by atoms with van der Waals surface area (Å²) in [6.45, 7) is 1.94. The van der Waals surface area contributed by atoms with Crippen LogP contribution in [0.3, 0.4) is 0 Å². The lowest BCUT2D eigenvalue weighted by Crippen LogP contribution is -2.45. The van der Waals surface area contributed by atoms with Gasteiger partial charge in [0.1, 0.15) is 9.84 Å². The second-order valence-electron chi connectivity index (χ2n) is 9.19. The third-order valence-electron chi connectivity index (χ3n) is 6.31. The van der Waals surface area contributed by atoms with Crippen molar-refractivity contribution in [3.63, 3.8) is 0 Å². The lowest BCUT2D eigenvalue weighted by molar-refractivity contribution is -0.131. The normalized spacial score (nSPS) is 16.1. The molecule has 0 saturated heterocycles. The second kappa shape index (κ2) is 11.1. The van der Waals surface area contributed by atoms with Crippen molar-refractivity contribution in [1.29, 1.82) is 0 Å². The number of benzene rings is 2. The number of hydrogen-bond donors (Lipinski definition) is 2. The van der Waals surface area contributed by atoms with Gasteiger partial charge >= 0.3 is 0 Å². The molecule has 0 heterocycles. The van der Waals surface area contributed by atoms with Crippen molar-refractivity contribution >= 4 is 50.5 Å². The first-order valence-electron chi connectivity index (χ1n) is 11.3. The molecule has 3 rings (SSSR count). The number of halogens is 2. The van der Waals surface area contributed by atoms with Crippen molar-refractivity contribution in [2.75, 3.05) is 17.3 Å². The van der Waals surface area contributed by atoms with Crippen LogP contribution in [0.15, 0.2) is 42.5 Å². The molecule has 0 bridgehead atoms. The van der Waals surface area contributed by atoms with Crippen LogP contribution in [0.25, 0.3) is 0 Å². The van der Waals surface area contributed by atoms with Gasteiger partial charge < -0.3 is 10.6 Å². The Morgan fingerprint density at radius 1 is 1.03 bits per heavy atom. The first-order chi connectivity index (χ1) is 16.0. The summed E-state index contributed by atoms with van der Waals surface area (Å²) in [5, 5.41) is 6.45. The molecule has 1 saturated carbocycles. The molecule has 0 aliphatic heterocycles. The largest absolute Gasteiger partial charge is 0.353 e. The van der Waals surface area contributed by atoms with Crippen LogP contribution in [0.1, 0.15) is 54.9 Å². The van der Waals surface area contributed by atoms with Gasteiger partial charge in [0, 0.05) is 18.0 Å². The Bertz CT molecular complexity index is 1120. The summed E-state index contributed by atoms with van der Waals surface area (Å²) in [5.74, 6) is -0.414. The summed E-state index contributed by atoms with van der Waals surface area (Å²) < 4.78 is 23.3. The summed E-state index contributed by atoms with van der Waals surface area (Å²) in [6.07, 6.45) is 5.53. The van der Waals surface area contributed by atoms with E-state index in [0.29, 0.717) is 18.5 Å². The van der Waals surface area contributed by atoms with Gasteiger partial charge in [0.05, 0.1) is 26.8 Å². The molecule has 2 aromatic rings. The fourth-order valence-corrected chi connectivity index (χ4v) is 5.77. The Hall–Kier alpha value is -2.09. The number of amides is 2. The minimum absolute atomic E-state index is 0.0292. The van der Waals surface area contributed by atoms with Gasteiger partial charge in [0.25, 0.3) is 5.91 Å². The van der Waals surface area contributed by atoms with Crippen molar-refractivity contribution in [2.45, 2.75) is 51.5 Å². The summed E-state index contributed by atoms with van der Waals surface area (Å²) in [7, 11) is -3.12. The highest BCUT2D eigenvalue weighted by molar-refractivity contribution is 7.90. The third-order valence-corrected chi connectivity index (χ3v) is 7.89. The van der Waals surface area contributed by atoms with Crippen molar-refractivity contribution in [3.8, 4) is 0 Å². The smallest absolute Gasteiger partial charge is 0.258 e. The van der Waals surface area contributed by atoms with Crippen LogP contribution >= 0.6 is 23.2 Å². The highest BCUT2D eigenvalue weighted by Gasteiger charge is 2.41. The number of anilines is 1. The van der Waals surface area contributed by atoms with Crippen molar-refractivity contribution < 1.29 is 18.0 Å². The fourth-order valence-electron chi connectivity index (χ4n) is 4.44. The molecular weight excluding hydrogens is 495 g/mol. The van der Waals surface area contributed by atoms with Crippen LogP contribution < -0.4 is 10.6 Å². The number of rotatable bonds is 9. The fraction of sp³-hybridized carbons (Fsp3) is 0.440. The maximum Gasteiger partial charge on any atom is 0.258 e. The lowest BCUT2D eigenvalue weighted by Gasteiger charge is -2.29. The van der Waals surface area contributed by atoms with Crippen LogP contribution in [-0.2, 0) is 21.1 Å². The van der Waals surface area contributed by atoms with Crippen LogP contribution in [0.4, 0.5) is 5.69 Å². The van der Waals surface area contributed by atoms with Gasteiger partial charge in [-0.2, -0.15) is 0 Å². The quantitative estimate of drug-likeness (QED) is 0.466. The molecule has 0 aromatic heterocycles. The van der Waals surface area contributed by atoms with Gasteiger partial charge in [-0.1, -0.05) is 54.2 Å². The zero-order valence-electron chi connectivity index (χ0n) is 19.4. The first kappa shape index (κ1) is 26.5. The van der Waals surface area contributed by atoms with Crippen molar-refractivity contribution in [3.05, 3.63) is 63.6 Å². The average Bonchev–Trinajstić information content (AvgIpc) is 3.23. The van der Waals surface area contributed by atoms with Gasteiger partial charge in [-0.25, -0.2) is 8.42 Å². The molecule has 2 N–H and O–H groups in total. The molecule has 1 aliphatic carbocycles. The Labute approximate surface area is 211 Å². The molecule has 1 aliphatic rings. The highest BCUT2D eigenvalue weighted by Crippen LogP contribution is 2.41. The van der Waals surface area contributed by atoms with Gasteiger partial charge in [0.15, 0.2) is 0 Å². The number of carbonyl (C=O) groups is 2. The zero-order valence-corrected chi connectivity index (χ0v) is 21.7. The van der Waals surface area contributed by atoms with E-state index in [1.807, 2.05) is 19.1 Å². The van der Waals surface area contributed by atoms with E-state index in [-0.39, 0.29) is 39.2 Å². The SMILES string of the molecule is CC(Cc1ccc(NC(=O)c2c(Cl)cccc2Cl)cc1)NC(=O)C1(CCS(C)(=O)=O)CCCC1. The average molecular weight is 525 g/mol. The van der Waals surface area contributed by atoms with E-state index in [0.717, 1.165) is 31.2 Å². The molecule has 1 fully saturated rings.